The molecule has 0 saturated heterocycles. The molecule has 0 atom stereocenters. The van der Waals surface area contributed by atoms with E-state index in [4.69, 9.17) is 21.4 Å². The van der Waals surface area contributed by atoms with Crippen LogP contribution in [0.15, 0.2) is 60.7 Å². The van der Waals surface area contributed by atoms with E-state index in [1.165, 1.54) is 23.5 Å². The van der Waals surface area contributed by atoms with Crippen molar-refractivity contribution in [2.45, 2.75) is 13.8 Å². The zero-order valence-electron chi connectivity index (χ0n) is 17.8. The summed E-state index contributed by atoms with van der Waals surface area (Å²) in [4.78, 5) is 24.7. The van der Waals surface area contributed by atoms with Crippen LogP contribution in [0.4, 0.5) is 0 Å². The number of aliphatic carboxylic acids is 1. The van der Waals surface area contributed by atoms with Gasteiger partial charge in [-0.25, -0.2) is 4.79 Å². The average molecular weight is 479 g/mol. The van der Waals surface area contributed by atoms with E-state index in [9.17, 15) is 14.7 Å². The number of carbonyl (C=O) groups is 2. The van der Waals surface area contributed by atoms with Crippen LogP contribution < -0.4 is 4.74 Å². The van der Waals surface area contributed by atoms with Crippen molar-refractivity contribution in [3.8, 4) is 17.2 Å². The highest BCUT2D eigenvalue weighted by Gasteiger charge is 2.24. The van der Waals surface area contributed by atoms with E-state index in [2.05, 4.69) is 0 Å². The molecule has 0 saturated carbocycles. The fourth-order valence-corrected chi connectivity index (χ4v) is 4.83. The molecule has 0 radical (unpaired) electrons. The predicted octanol–water partition coefficient (Wildman–Crippen LogP) is 7.00. The number of aromatic hydroxyl groups is 1. The van der Waals surface area contributed by atoms with Crippen molar-refractivity contribution in [1.82, 2.24) is 0 Å². The van der Waals surface area contributed by atoms with E-state index in [1.54, 1.807) is 36.4 Å². The Bertz CT molecular complexity index is 1430. The van der Waals surface area contributed by atoms with Gasteiger partial charge in [-0.2, -0.15) is 0 Å². The highest BCUT2D eigenvalue weighted by Crippen LogP contribution is 2.44. The Hall–Kier alpha value is -3.61. The molecule has 0 aliphatic rings. The maximum atomic E-state index is 13.5. The van der Waals surface area contributed by atoms with Crippen molar-refractivity contribution in [3.05, 3.63) is 92.8 Å². The molecular formula is C26H19ClO5S. The Kier molecular flexibility index (Phi) is 6.22. The normalized spacial score (nSPS) is 11.2. The van der Waals surface area contributed by atoms with Crippen LogP contribution in [0, 0.1) is 13.8 Å². The lowest BCUT2D eigenvalue weighted by Crippen LogP contribution is -2.03. The second-order valence-corrected chi connectivity index (χ2v) is 9.01. The maximum absolute atomic E-state index is 13.5. The van der Waals surface area contributed by atoms with E-state index in [1.807, 2.05) is 26.0 Å². The number of hydrogen-bond donors (Lipinski definition) is 2. The molecule has 3 aromatic carbocycles. The number of benzene rings is 3. The zero-order valence-corrected chi connectivity index (χ0v) is 19.3. The molecule has 0 unspecified atom stereocenters. The van der Waals surface area contributed by atoms with Gasteiger partial charge in [-0.1, -0.05) is 41.4 Å². The summed E-state index contributed by atoms with van der Waals surface area (Å²) in [7, 11) is 0. The first-order valence-corrected chi connectivity index (χ1v) is 11.2. The molecular weight excluding hydrogens is 460 g/mol. The zero-order chi connectivity index (χ0) is 23.7. The van der Waals surface area contributed by atoms with Gasteiger partial charge >= 0.3 is 5.97 Å². The van der Waals surface area contributed by atoms with E-state index in [0.717, 1.165) is 17.2 Å². The summed E-state index contributed by atoms with van der Waals surface area (Å²) in [5.74, 6) is -0.468. The van der Waals surface area contributed by atoms with Crippen molar-refractivity contribution < 1.29 is 24.5 Å². The minimum atomic E-state index is -1.06. The summed E-state index contributed by atoms with van der Waals surface area (Å²) in [5.41, 5.74) is 3.09. The van der Waals surface area contributed by atoms with E-state index < -0.39 is 5.97 Å². The van der Waals surface area contributed by atoms with Gasteiger partial charge in [0.25, 0.3) is 0 Å². The minimum absolute atomic E-state index is 0.0911. The summed E-state index contributed by atoms with van der Waals surface area (Å²) >= 11 is 7.64. The molecule has 166 valence electrons. The Morgan fingerprint density at radius 1 is 1.03 bits per heavy atom. The molecule has 7 heteroatoms. The first-order valence-electron chi connectivity index (χ1n) is 9.99. The Morgan fingerprint density at radius 3 is 2.52 bits per heavy atom. The number of carbonyl (C=O) groups excluding carboxylic acids is 1. The summed E-state index contributed by atoms with van der Waals surface area (Å²) in [6, 6.07) is 15.4. The highest BCUT2D eigenvalue weighted by molar-refractivity contribution is 7.21. The monoisotopic (exact) mass is 478 g/mol. The van der Waals surface area contributed by atoms with Gasteiger partial charge < -0.3 is 14.9 Å². The number of phenols is 1. The Balaban J connectivity index is 1.80. The molecule has 0 aliphatic heterocycles. The smallest absolute Gasteiger partial charge is 0.328 e. The lowest BCUT2D eigenvalue weighted by molar-refractivity contribution is -0.131. The van der Waals surface area contributed by atoms with Crippen LogP contribution in [0.1, 0.15) is 31.9 Å². The molecule has 4 rings (SSSR count). The lowest BCUT2D eigenvalue weighted by atomic mass is 10.0. The van der Waals surface area contributed by atoms with E-state index >= 15 is 0 Å². The van der Waals surface area contributed by atoms with Crippen molar-refractivity contribution in [2.75, 3.05) is 0 Å². The molecule has 0 amide bonds. The van der Waals surface area contributed by atoms with Crippen LogP contribution in [0.25, 0.3) is 16.2 Å². The lowest BCUT2D eigenvalue weighted by Gasteiger charge is -2.11. The molecule has 0 fully saturated rings. The van der Waals surface area contributed by atoms with Crippen LogP contribution in [-0.4, -0.2) is 22.0 Å². The van der Waals surface area contributed by atoms with Crippen LogP contribution in [-0.2, 0) is 4.79 Å². The number of phenolic OH excluding ortho intramolecular Hbond substituents is 1. The topological polar surface area (TPSA) is 83.8 Å². The number of thiophene rings is 1. The minimum Gasteiger partial charge on any atom is -0.508 e. The number of aryl methyl sites for hydroxylation is 2. The van der Waals surface area contributed by atoms with Crippen molar-refractivity contribution in [2.24, 2.45) is 0 Å². The van der Waals surface area contributed by atoms with Crippen LogP contribution in [0.2, 0.25) is 5.02 Å². The summed E-state index contributed by atoms with van der Waals surface area (Å²) in [5, 5.41) is 19.7. The quantitative estimate of drug-likeness (QED) is 0.230. The molecule has 1 heterocycles. The molecule has 0 bridgehead atoms. The van der Waals surface area contributed by atoms with Gasteiger partial charge in [-0.05, 0) is 61.4 Å². The number of ketones is 1. The fourth-order valence-electron chi connectivity index (χ4n) is 3.48. The molecule has 2 N–H and O–H groups in total. The first kappa shape index (κ1) is 22.6. The van der Waals surface area contributed by atoms with Crippen molar-refractivity contribution >= 4 is 50.9 Å². The molecule has 4 aromatic rings. The largest absolute Gasteiger partial charge is 0.508 e. The van der Waals surface area contributed by atoms with E-state index in [0.29, 0.717) is 37.6 Å². The van der Waals surface area contributed by atoms with Crippen LogP contribution >= 0.6 is 22.9 Å². The van der Waals surface area contributed by atoms with Crippen LogP contribution in [0.5, 0.6) is 17.2 Å². The standard InChI is InChI=1S/C26H19ClO5S/c1-14-3-7-18(15(2)11-14)24(31)26-25(19-8-6-17(28)13-22(19)33-26)32-21-9-4-16(12-20(21)27)5-10-23(29)30/h3-13,28H,1-2H3,(H,29,30)/b10-5+. The van der Waals surface area contributed by atoms with Crippen molar-refractivity contribution in [1.29, 1.82) is 0 Å². The third-order valence-electron chi connectivity index (χ3n) is 5.05. The number of hydrogen-bond acceptors (Lipinski definition) is 5. The predicted molar refractivity (Wildman–Crippen MR) is 131 cm³/mol. The summed E-state index contributed by atoms with van der Waals surface area (Å²) < 4.78 is 6.86. The van der Waals surface area contributed by atoms with Gasteiger partial charge in [0.15, 0.2) is 5.75 Å². The number of carboxylic acid groups (broad SMARTS) is 1. The maximum Gasteiger partial charge on any atom is 0.328 e. The van der Waals surface area contributed by atoms with Gasteiger partial charge in [-0.15, -0.1) is 11.3 Å². The Labute approximate surface area is 199 Å². The van der Waals surface area contributed by atoms with Gasteiger partial charge in [0, 0.05) is 21.7 Å². The second kappa shape index (κ2) is 9.10. The Morgan fingerprint density at radius 2 is 1.82 bits per heavy atom. The SMILES string of the molecule is Cc1ccc(C(=O)c2sc3cc(O)ccc3c2Oc2ccc(/C=C/C(=O)O)cc2Cl)c(C)c1. The summed E-state index contributed by atoms with van der Waals surface area (Å²) in [6.45, 7) is 3.86. The molecule has 0 spiro atoms. The molecule has 1 aromatic heterocycles. The number of halogens is 1. The summed E-state index contributed by atoms with van der Waals surface area (Å²) in [6.07, 6.45) is 2.45. The van der Waals surface area contributed by atoms with Crippen LogP contribution in [0.3, 0.4) is 0 Å². The van der Waals surface area contributed by atoms with Crippen molar-refractivity contribution in [3.63, 3.8) is 0 Å². The molecule has 5 nitrogen and oxygen atoms in total. The van der Waals surface area contributed by atoms with E-state index in [-0.39, 0.29) is 16.6 Å². The second-order valence-electron chi connectivity index (χ2n) is 7.55. The third-order valence-corrected chi connectivity index (χ3v) is 6.48. The fraction of sp³-hybridized carbons (Fsp3) is 0.0769. The number of fused-ring (bicyclic) bond motifs is 1. The van der Waals surface area contributed by atoms with Gasteiger partial charge in [0.2, 0.25) is 5.78 Å². The molecule has 0 aliphatic carbocycles. The van der Waals surface area contributed by atoms with Gasteiger partial charge in [0.05, 0.1) is 5.02 Å². The van der Waals surface area contributed by atoms with Gasteiger partial charge in [-0.3, -0.25) is 4.79 Å². The number of rotatable bonds is 6. The average Bonchev–Trinajstić information content (AvgIpc) is 3.10. The molecule has 33 heavy (non-hydrogen) atoms. The number of carboxylic acids is 1. The first-order chi connectivity index (χ1) is 15.7. The third kappa shape index (κ3) is 4.77. The van der Waals surface area contributed by atoms with Gasteiger partial charge in [0.1, 0.15) is 16.4 Å². The number of ether oxygens (including phenoxy) is 1. The highest BCUT2D eigenvalue weighted by atomic mass is 35.5.